The molecular formula is C12H25N3O. The molecule has 0 aliphatic carbocycles. The lowest BCUT2D eigenvalue weighted by Crippen LogP contribution is -2.52. The molecule has 0 aromatic carbocycles. The number of fused-ring (bicyclic) bond motifs is 1. The number of nitrogens with two attached hydrogens (primary N) is 1. The smallest absolute Gasteiger partial charge is 0.0621 e. The van der Waals surface area contributed by atoms with E-state index in [1.165, 1.54) is 32.4 Å². The molecule has 0 aromatic heterocycles. The van der Waals surface area contributed by atoms with Crippen LogP contribution in [0, 0.1) is 0 Å². The van der Waals surface area contributed by atoms with Crippen molar-refractivity contribution < 1.29 is 5.11 Å². The highest BCUT2D eigenvalue weighted by molar-refractivity contribution is 4.89. The maximum atomic E-state index is 9.22. The molecule has 2 unspecified atom stereocenters. The van der Waals surface area contributed by atoms with Gasteiger partial charge < -0.3 is 10.8 Å². The minimum absolute atomic E-state index is 0.0673. The Morgan fingerprint density at radius 2 is 2.06 bits per heavy atom. The van der Waals surface area contributed by atoms with Gasteiger partial charge in [-0.3, -0.25) is 9.80 Å². The van der Waals surface area contributed by atoms with Crippen LogP contribution in [0.3, 0.4) is 0 Å². The standard InChI is InChI=1S/C12H25N3O/c1-12(13,10-16)9-14-5-3-7-15-6-2-4-11(15)8-14/h11,16H,2-10,13H2,1H3. The maximum Gasteiger partial charge on any atom is 0.0621 e. The molecular weight excluding hydrogens is 202 g/mol. The molecule has 2 aliphatic rings. The summed E-state index contributed by atoms with van der Waals surface area (Å²) in [7, 11) is 0. The number of hydrogen-bond acceptors (Lipinski definition) is 4. The number of hydrogen-bond donors (Lipinski definition) is 2. The highest BCUT2D eigenvalue weighted by Crippen LogP contribution is 2.21. The zero-order valence-corrected chi connectivity index (χ0v) is 10.4. The zero-order chi connectivity index (χ0) is 11.6. The first-order valence-electron chi connectivity index (χ1n) is 6.47. The third kappa shape index (κ3) is 2.94. The van der Waals surface area contributed by atoms with Crippen LogP contribution in [-0.2, 0) is 0 Å². The van der Waals surface area contributed by atoms with Gasteiger partial charge >= 0.3 is 0 Å². The fourth-order valence-electron chi connectivity index (χ4n) is 2.99. The number of aliphatic hydroxyl groups excluding tert-OH is 1. The van der Waals surface area contributed by atoms with Crippen molar-refractivity contribution in [3.8, 4) is 0 Å². The van der Waals surface area contributed by atoms with Crippen LogP contribution in [0.15, 0.2) is 0 Å². The highest BCUT2D eigenvalue weighted by Gasteiger charge is 2.30. The Kier molecular flexibility index (Phi) is 3.85. The summed E-state index contributed by atoms with van der Waals surface area (Å²) in [6, 6.07) is 0.733. The van der Waals surface area contributed by atoms with Crippen molar-refractivity contribution in [2.75, 3.05) is 39.3 Å². The Balaban J connectivity index is 1.90. The lowest BCUT2D eigenvalue weighted by atomic mass is 10.0. The van der Waals surface area contributed by atoms with E-state index >= 15 is 0 Å². The zero-order valence-electron chi connectivity index (χ0n) is 10.4. The number of aliphatic hydroxyl groups is 1. The first-order chi connectivity index (χ1) is 7.61. The Bertz CT molecular complexity index is 232. The van der Waals surface area contributed by atoms with Crippen molar-refractivity contribution >= 4 is 0 Å². The van der Waals surface area contributed by atoms with E-state index in [9.17, 15) is 5.11 Å². The van der Waals surface area contributed by atoms with Crippen molar-refractivity contribution in [2.24, 2.45) is 5.73 Å². The molecule has 94 valence electrons. The molecule has 0 aromatic rings. The minimum atomic E-state index is -0.451. The predicted octanol–water partition coefficient (Wildman–Crippen LogP) is -0.134. The molecule has 4 nitrogen and oxygen atoms in total. The molecule has 2 aliphatic heterocycles. The number of rotatable bonds is 3. The monoisotopic (exact) mass is 227 g/mol. The summed E-state index contributed by atoms with van der Waals surface area (Å²) in [4.78, 5) is 5.05. The van der Waals surface area contributed by atoms with E-state index in [0.717, 1.165) is 25.7 Å². The van der Waals surface area contributed by atoms with Gasteiger partial charge in [-0.05, 0) is 45.8 Å². The van der Waals surface area contributed by atoms with E-state index in [1.54, 1.807) is 0 Å². The van der Waals surface area contributed by atoms with E-state index in [1.807, 2.05) is 6.92 Å². The molecule has 2 fully saturated rings. The topological polar surface area (TPSA) is 52.7 Å². The molecule has 0 spiro atoms. The average molecular weight is 227 g/mol. The molecule has 2 saturated heterocycles. The maximum absolute atomic E-state index is 9.22. The van der Waals surface area contributed by atoms with Gasteiger partial charge in [0.1, 0.15) is 0 Å². The Labute approximate surface area is 98.4 Å². The molecule has 2 rings (SSSR count). The second-order valence-electron chi connectivity index (χ2n) is 5.73. The summed E-state index contributed by atoms with van der Waals surface area (Å²) in [5, 5.41) is 9.22. The highest BCUT2D eigenvalue weighted by atomic mass is 16.3. The van der Waals surface area contributed by atoms with Crippen molar-refractivity contribution in [2.45, 2.75) is 37.8 Å². The van der Waals surface area contributed by atoms with Crippen LogP contribution >= 0.6 is 0 Å². The van der Waals surface area contributed by atoms with Crippen LogP contribution in [0.5, 0.6) is 0 Å². The van der Waals surface area contributed by atoms with Gasteiger partial charge in [-0.2, -0.15) is 0 Å². The van der Waals surface area contributed by atoms with Crippen molar-refractivity contribution in [3.05, 3.63) is 0 Å². The summed E-state index contributed by atoms with van der Waals surface area (Å²) >= 11 is 0. The fourth-order valence-corrected chi connectivity index (χ4v) is 2.99. The predicted molar refractivity (Wildman–Crippen MR) is 65.3 cm³/mol. The second-order valence-corrected chi connectivity index (χ2v) is 5.73. The fraction of sp³-hybridized carbons (Fsp3) is 1.00. The van der Waals surface area contributed by atoms with Crippen LogP contribution in [0.4, 0.5) is 0 Å². The first kappa shape index (κ1) is 12.3. The Hall–Kier alpha value is -0.160. The van der Waals surface area contributed by atoms with Crippen LogP contribution in [0.25, 0.3) is 0 Å². The minimum Gasteiger partial charge on any atom is -0.394 e. The van der Waals surface area contributed by atoms with E-state index in [4.69, 9.17) is 5.73 Å². The normalized spacial score (nSPS) is 32.1. The first-order valence-corrected chi connectivity index (χ1v) is 6.47. The molecule has 0 amide bonds. The van der Waals surface area contributed by atoms with Gasteiger partial charge in [0.25, 0.3) is 0 Å². The van der Waals surface area contributed by atoms with Gasteiger partial charge in [0.2, 0.25) is 0 Å². The van der Waals surface area contributed by atoms with Crippen molar-refractivity contribution in [1.29, 1.82) is 0 Å². The lowest BCUT2D eigenvalue weighted by molar-refractivity contribution is 0.140. The molecule has 4 heteroatoms. The average Bonchev–Trinajstić information content (AvgIpc) is 2.58. The Morgan fingerprint density at radius 3 is 2.81 bits per heavy atom. The van der Waals surface area contributed by atoms with Crippen LogP contribution in [-0.4, -0.2) is 65.8 Å². The third-order valence-electron chi connectivity index (χ3n) is 3.83. The van der Waals surface area contributed by atoms with Gasteiger partial charge in [-0.25, -0.2) is 0 Å². The molecule has 0 saturated carbocycles. The van der Waals surface area contributed by atoms with Crippen molar-refractivity contribution in [3.63, 3.8) is 0 Å². The van der Waals surface area contributed by atoms with Gasteiger partial charge in [-0.1, -0.05) is 0 Å². The summed E-state index contributed by atoms with van der Waals surface area (Å²) in [6.45, 7) is 7.59. The van der Waals surface area contributed by atoms with Gasteiger partial charge in [0.15, 0.2) is 0 Å². The largest absolute Gasteiger partial charge is 0.394 e. The SMILES string of the molecule is CC(N)(CO)CN1CCCN2CCCC2C1. The van der Waals surface area contributed by atoms with E-state index in [-0.39, 0.29) is 6.61 Å². The van der Waals surface area contributed by atoms with Crippen LogP contribution in [0.1, 0.15) is 26.2 Å². The van der Waals surface area contributed by atoms with E-state index < -0.39 is 5.54 Å². The summed E-state index contributed by atoms with van der Waals surface area (Å²) < 4.78 is 0. The van der Waals surface area contributed by atoms with Gasteiger partial charge in [0.05, 0.1) is 6.61 Å². The quantitative estimate of drug-likeness (QED) is 0.705. The number of nitrogens with zero attached hydrogens (tertiary/aromatic N) is 2. The van der Waals surface area contributed by atoms with Gasteiger partial charge in [-0.15, -0.1) is 0 Å². The van der Waals surface area contributed by atoms with E-state index in [0.29, 0.717) is 0 Å². The Morgan fingerprint density at radius 1 is 1.31 bits per heavy atom. The molecule has 16 heavy (non-hydrogen) atoms. The summed E-state index contributed by atoms with van der Waals surface area (Å²) in [6.07, 6.45) is 3.91. The molecule has 3 N–H and O–H groups in total. The molecule has 2 atom stereocenters. The lowest BCUT2D eigenvalue weighted by Gasteiger charge is -2.32. The second kappa shape index (κ2) is 5.00. The third-order valence-corrected chi connectivity index (χ3v) is 3.83. The van der Waals surface area contributed by atoms with Crippen LogP contribution in [0.2, 0.25) is 0 Å². The van der Waals surface area contributed by atoms with Crippen molar-refractivity contribution in [1.82, 2.24) is 9.80 Å². The summed E-state index contributed by atoms with van der Waals surface area (Å²) in [5.74, 6) is 0. The van der Waals surface area contributed by atoms with Crippen LogP contribution < -0.4 is 5.73 Å². The van der Waals surface area contributed by atoms with E-state index in [2.05, 4.69) is 9.80 Å². The molecule has 2 heterocycles. The molecule has 0 bridgehead atoms. The van der Waals surface area contributed by atoms with Gasteiger partial charge in [0, 0.05) is 24.7 Å². The molecule has 0 radical (unpaired) electrons. The summed E-state index contributed by atoms with van der Waals surface area (Å²) in [5.41, 5.74) is 5.58.